The molecular formula is C15H25N3O2. The summed E-state index contributed by atoms with van der Waals surface area (Å²) in [6.45, 7) is 1.55. The molecule has 0 aromatic carbocycles. The molecule has 2 N–H and O–H groups in total. The fourth-order valence-electron chi connectivity index (χ4n) is 3.34. The van der Waals surface area contributed by atoms with E-state index >= 15 is 0 Å². The average Bonchev–Trinajstić information content (AvgIpc) is 3.22. The van der Waals surface area contributed by atoms with E-state index in [-0.39, 0.29) is 6.61 Å². The second-order valence-electron chi connectivity index (χ2n) is 6.00. The quantitative estimate of drug-likeness (QED) is 0.789. The van der Waals surface area contributed by atoms with E-state index in [1.807, 2.05) is 10.9 Å². The topological polar surface area (TPSA) is 59.3 Å². The van der Waals surface area contributed by atoms with Crippen molar-refractivity contribution in [2.75, 3.05) is 20.3 Å². The largest absolute Gasteiger partial charge is 0.394 e. The van der Waals surface area contributed by atoms with Crippen LogP contribution in [0.3, 0.4) is 0 Å². The van der Waals surface area contributed by atoms with Crippen molar-refractivity contribution < 1.29 is 9.84 Å². The lowest BCUT2D eigenvalue weighted by Crippen LogP contribution is -2.39. The van der Waals surface area contributed by atoms with Crippen molar-refractivity contribution in [1.82, 2.24) is 15.1 Å². The van der Waals surface area contributed by atoms with E-state index in [4.69, 9.17) is 9.84 Å². The van der Waals surface area contributed by atoms with Gasteiger partial charge in [-0.15, -0.1) is 0 Å². The van der Waals surface area contributed by atoms with Crippen molar-refractivity contribution in [2.24, 2.45) is 5.92 Å². The number of ether oxygens (including phenoxy) is 1. The highest BCUT2D eigenvalue weighted by molar-refractivity contribution is 5.25. The van der Waals surface area contributed by atoms with E-state index in [1.165, 1.54) is 36.9 Å². The predicted octanol–water partition coefficient (Wildman–Crippen LogP) is 1.27. The first-order chi connectivity index (χ1) is 9.83. The molecule has 0 spiro atoms. The minimum Gasteiger partial charge on any atom is -0.394 e. The molecule has 0 aliphatic heterocycles. The second-order valence-corrected chi connectivity index (χ2v) is 6.00. The molecule has 5 nitrogen and oxygen atoms in total. The predicted molar refractivity (Wildman–Crippen MR) is 76.5 cm³/mol. The van der Waals surface area contributed by atoms with E-state index in [0.29, 0.717) is 18.6 Å². The molecule has 2 atom stereocenters. The number of aliphatic hydroxyl groups is 1. The zero-order valence-electron chi connectivity index (χ0n) is 12.2. The molecule has 5 heteroatoms. The van der Waals surface area contributed by atoms with Crippen LogP contribution in [0.15, 0.2) is 6.20 Å². The Kier molecular flexibility index (Phi) is 4.38. The van der Waals surface area contributed by atoms with Gasteiger partial charge in [-0.2, -0.15) is 5.10 Å². The lowest BCUT2D eigenvalue weighted by Gasteiger charge is -2.29. The van der Waals surface area contributed by atoms with Gasteiger partial charge in [0.25, 0.3) is 0 Å². The maximum atomic E-state index is 9.11. The summed E-state index contributed by atoms with van der Waals surface area (Å²) >= 11 is 0. The van der Waals surface area contributed by atoms with Gasteiger partial charge in [0.1, 0.15) is 0 Å². The Bertz CT molecular complexity index is 442. The van der Waals surface area contributed by atoms with Crippen LogP contribution in [0.4, 0.5) is 0 Å². The first kappa shape index (κ1) is 14.0. The van der Waals surface area contributed by atoms with Crippen LogP contribution in [-0.4, -0.2) is 41.3 Å². The summed E-state index contributed by atoms with van der Waals surface area (Å²) in [4.78, 5) is 0. The Morgan fingerprint density at radius 2 is 2.35 bits per heavy atom. The van der Waals surface area contributed by atoms with Crippen LogP contribution in [0.5, 0.6) is 0 Å². The maximum Gasteiger partial charge on any atom is 0.0644 e. The number of fused-ring (bicyclic) bond motifs is 1. The van der Waals surface area contributed by atoms with Gasteiger partial charge in [-0.3, -0.25) is 4.68 Å². The summed E-state index contributed by atoms with van der Waals surface area (Å²) in [6, 6.07) is 0.865. The van der Waals surface area contributed by atoms with Gasteiger partial charge in [0, 0.05) is 30.5 Å². The smallest absolute Gasteiger partial charge is 0.0644 e. The third-order valence-electron chi connectivity index (χ3n) is 4.53. The number of hydrogen-bond acceptors (Lipinski definition) is 4. The normalized spacial score (nSPS) is 23.6. The second kappa shape index (κ2) is 6.24. The molecular weight excluding hydrogens is 254 g/mol. The molecule has 1 fully saturated rings. The summed E-state index contributed by atoms with van der Waals surface area (Å²) in [6.07, 6.45) is 8.07. The summed E-state index contributed by atoms with van der Waals surface area (Å²) in [5.74, 6) is 0.785. The molecule has 0 radical (unpaired) electrons. The Hall–Kier alpha value is -0.910. The highest BCUT2D eigenvalue weighted by Gasteiger charge is 2.34. The Morgan fingerprint density at radius 1 is 1.50 bits per heavy atom. The highest BCUT2D eigenvalue weighted by Crippen LogP contribution is 2.36. The Labute approximate surface area is 120 Å². The summed E-state index contributed by atoms with van der Waals surface area (Å²) in [5, 5.41) is 17.3. The van der Waals surface area contributed by atoms with Gasteiger partial charge in [-0.25, -0.2) is 0 Å². The third kappa shape index (κ3) is 2.90. The number of nitrogens with one attached hydrogen (secondary N) is 1. The fraction of sp³-hybridized carbons (Fsp3) is 0.800. The maximum absolute atomic E-state index is 9.11. The van der Waals surface area contributed by atoms with Gasteiger partial charge < -0.3 is 15.2 Å². The first-order valence-electron chi connectivity index (χ1n) is 7.74. The van der Waals surface area contributed by atoms with Crippen molar-refractivity contribution >= 4 is 0 Å². The van der Waals surface area contributed by atoms with Crippen molar-refractivity contribution in [3.63, 3.8) is 0 Å². The van der Waals surface area contributed by atoms with Crippen LogP contribution in [0.2, 0.25) is 0 Å². The van der Waals surface area contributed by atoms with E-state index < -0.39 is 0 Å². The number of methoxy groups -OCH3 is 1. The molecule has 2 unspecified atom stereocenters. The van der Waals surface area contributed by atoms with E-state index in [9.17, 15) is 0 Å². The highest BCUT2D eigenvalue weighted by atomic mass is 16.5. The van der Waals surface area contributed by atoms with Gasteiger partial charge in [0.05, 0.1) is 26.0 Å². The molecule has 0 saturated heterocycles. The molecule has 3 rings (SSSR count). The summed E-state index contributed by atoms with van der Waals surface area (Å²) < 4.78 is 7.33. The van der Waals surface area contributed by atoms with Crippen LogP contribution in [0.1, 0.15) is 43.0 Å². The molecule has 1 heterocycles. The standard InChI is InChI=1S/C15H25N3O2/c1-20-10-14(11-5-6-11)17-13-3-2-4-15-12(13)9-16-18(15)7-8-19/h9,11,13-14,17,19H,2-8,10H2,1H3. The third-order valence-corrected chi connectivity index (χ3v) is 4.53. The molecule has 2 aliphatic carbocycles. The van der Waals surface area contributed by atoms with Gasteiger partial charge in [-0.1, -0.05) is 0 Å². The van der Waals surface area contributed by atoms with Crippen molar-refractivity contribution in [3.05, 3.63) is 17.5 Å². The van der Waals surface area contributed by atoms with Crippen LogP contribution < -0.4 is 5.32 Å². The summed E-state index contributed by atoms with van der Waals surface area (Å²) in [5.41, 5.74) is 2.63. The zero-order chi connectivity index (χ0) is 13.9. The fourth-order valence-corrected chi connectivity index (χ4v) is 3.34. The van der Waals surface area contributed by atoms with Crippen molar-refractivity contribution in [2.45, 2.75) is 50.7 Å². The van der Waals surface area contributed by atoms with Crippen molar-refractivity contribution in [3.8, 4) is 0 Å². The van der Waals surface area contributed by atoms with E-state index in [2.05, 4.69) is 10.4 Å². The van der Waals surface area contributed by atoms with E-state index in [0.717, 1.165) is 18.9 Å². The molecule has 0 bridgehead atoms. The lowest BCUT2D eigenvalue weighted by atomic mass is 9.92. The van der Waals surface area contributed by atoms with Gasteiger partial charge in [-0.05, 0) is 38.0 Å². The SMILES string of the molecule is COCC(NC1CCCc2c1cnn2CCO)C1CC1. The molecule has 2 aliphatic rings. The monoisotopic (exact) mass is 279 g/mol. The molecule has 0 amide bonds. The Morgan fingerprint density at radius 3 is 3.05 bits per heavy atom. The van der Waals surface area contributed by atoms with Crippen LogP contribution >= 0.6 is 0 Å². The summed E-state index contributed by atoms with van der Waals surface area (Å²) in [7, 11) is 1.78. The molecule has 20 heavy (non-hydrogen) atoms. The molecule has 112 valence electrons. The van der Waals surface area contributed by atoms with Crippen LogP contribution in [-0.2, 0) is 17.7 Å². The first-order valence-corrected chi connectivity index (χ1v) is 7.74. The number of aromatic nitrogens is 2. The van der Waals surface area contributed by atoms with E-state index in [1.54, 1.807) is 7.11 Å². The van der Waals surface area contributed by atoms with Gasteiger partial charge in [0.15, 0.2) is 0 Å². The van der Waals surface area contributed by atoms with Gasteiger partial charge in [0.2, 0.25) is 0 Å². The van der Waals surface area contributed by atoms with Crippen LogP contribution in [0.25, 0.3) is 0 Å². The number of aliphatic hydroxyl groups excluding tert-OH is 1. The number of rotatable bonds is 7. The average molecular weight is 279 g/mol. The molecule has 1 saturated carbocycles. The minimum absolute atomic E-state index is 0.153. The number of nitrogens with zero attached hydrogens (tertiary/aromatic N) is 2. The zero-order valence-corrected chi connectivity index (χ0v) is 12.2. The molecule has 1 aromatic heterocycles. The van der Waals surface area contributed by atoms with Crippen LogP contribution in [0, 0.1) is 5.92 Å². The number of hydrogen-bond donors (Lipinski definition) is 2. The Balaban J connectivity index is 1.72. The minimum atomic E-state index is 0.153. The lowest BCUT2D eigenvalue weighted by molar-refractivity contribution is 0.149. The van der Waals surface area contributed by atoms with Gasteiger partial charge >= 0.3 is 0 Å². The molecule has 1 aromatic rings. The van der Waals surface area contributed by atoms with Crippen molar-refractivity contribution in [1.29, 1.82) is 0 Å².